The topological polar surface area (TPSA) is 120 Å². The van der Waals surface area contributed by atoms with Gasteiger partial charge in [-0.25, -0.2) is 4.99 Å². The molecule has 0 saturated heterocycles. The average Bonchev–Trinajstić information content (AvgIpc) is 3.08. The van der Waals surface area contributed by atoms with Gasteiger partial charge >= 0.3 is 0 Å². The van der Waals surface area contributed by atoms with Gasteiger partial charge in [-0.2, -0.15) is 5.10 Å². The lowest BCUT2D eigenvalue weighted by Gasteiger charge is -2.22. The molecule has 2 amide bonds. The van der Waals surface area contributed by atoms with E-state index in [2.05, 4.69) is 29.3 Å². The van der Waals surface area contributed by atoms with Crippen molar-refractivity contribution in [1.82, 2.24) is 15.2 Å². The van der Waals surface area contributed by atoms with Gasteiger partial charge in [0.05, 0.1) is 18.4 Å². The summed E-state index contributed by atoms with van der Waals surface area (Å²) in [6, 6.07) is 11.4. The number of nitrogens with zero attached hydrogens (tertiary/aromatic N) is 4. The van der Waals surface area contributed by atoms with Gasteiger partial charge in [0.1, 0.15) is 5.84 Å². The summed E-state index contributed by atoms with van der Waals surface area (Å²) in [5.74, 6) is 0.303. The summed E-state index contributed by atoms with van der Waals surface area (Å²) < 4.78 is 0. The lowest BCUT2D eigenvalue weighted by atomic mass is 9.97. The molecule has 0 spiro atoms. The van der Waals surface area contributed by atoms with E-state index in [0.717, 1.165) is 35.8 Å². The molecule has 206 valence electrons. The molecule has 0 saturated carbocycles. The molecule has 0 aliphatic carbocycles. The molecule has 9 nitrogen and oxygen atoms in total. The van der Waals surface area contributed by atoms with Crippen LogP contribution in [0.15, 0.2) is 52.1 Å². The number of hydrogen-bond donors (Lipinski definition) is 2. The standard InChI is InChI=1S/C30H38N6O3/c1-5-12-36(13-6-2)30(39)26-16-24-9-7-23(17-28(24)34-29(31)18-26)22-8-10-25(20-37)27(15-22)19-33-35(4)14-11-32-21(3)38/h7-10,15-17,19-20H,5-6,11-14,18H2,1-4H3,(H2,31,34)(H,32,38)/b33-19-. The lowest BCUT2D eigenvalue weighted by Crippen LogP contribution is -2.34. The van der Waals surface area contributed by atoms with Gasteiger partial charge in [0.25, 0.3) is 0 Å². The molecule has 0 radical (unpaired) electrons. The zero-order chi connectivity index (χ0) is 28.4. The molecule has 2 aromatic rings. The summed E-state index contributed by atoms with van der Waals surface area (Å²) in [5.41, 5.74) is 11.4. The molecule has 0 aromatic heterocycles. The highest BCUT2D eigenvalue weighted by atomic mass is 16.2. The number of hydrazone groups is 1. The second kappa shape index (κ2) is 14.0. The quantitative estimate of drug-likeness (QED) is 0.244. The number of amidine groups is 1. The Morgan fingerprint density at radius 1 is 1.05 bits per heavy atom. The third-order valence-electron chi connectivity index (χ3n) is 6.30. The number of carbonyl (C=O) groups is 3. The summed E-state index contributed by atoms with van der Waals surface area (Å²) in [5, 5.41) is 8.84. The molecule has 0 unspecified atom stereocenters. The smallest absolute Gasteiger partial charge is 0.250 e. The minimum absolute atomic E-state index is 0.00389. The van der Waals surface area contributed by atoms with E-state index in [4.69, 9.17) is 5.73 Å². The van der Waals surface area contributed by atoms with E-state index in [1.54, 1.807) is 24.3 Å². The number of amides is 2. The van der Waals surface area contributed by atoms with Gasteiger partial charge < -0.3 is 16.0 Å². The van der Waals surface area contributed by atoms with Crippen molar-refractivity contribution in [1.29, 1.82) is 0 Å². The molecule has 0 fully saturated rings. The Balaban J connectivity index is 1.89. The number of fused-ring (bicyclic) bond motifs is 1. The highest BCUT2D eigenvalue weighted by Crippen LogP contribution is 2.32. The van der Waals surface area contributed by atoms with Crippen molar-refractivity contribution in [2.75, 3.05) is 33.2 Å². The number of nitrogens with one attached hydrogen (secondary N) is 1. The molecule has 2 aromatic carbocycles. The number of nitrogens with two attached hydrogens (primary N) is 1. The van der Waals surface area contributed by atoms with Crippen LogP contribution in [0.3, 0.4) is 0 Å². The summed E-state index contributed by atoms with van der Waals surface area (Å²) in [6.07, 6.45) is 6.43. The van der Waals surface area contributed by atoms with Crippen LogP contribution in [0.1, 0.15) is 61.5 Å². The molecular weight excluding hydrogens is 492 g/mol. The molecule has 1 aliphatic heterocycles. The first kappa shape index (κ1) is 29.3. The Labute approximate surface area is 230 Å². The first-order chi connectivity index (χ1) is 18.7. The van der Waals surface area contributed by atoms with E-state index in [-0.39, 0.29) is 11.8 Å². The van der Waals surface area contributed by atoms with Crippen molar-refractivity contribution in [3.63, 3.8) is 0 Å². The lowest BCUT2D eigenvalue weighted by molar-refractivity contribution is -0.127. The van der Waals surface area contributed by atoms with Gasteiger partial charge in [0.15, 0.2) is 6.29 Å². The van der Waals surface area contributed by atoms with Crippen LogP contribution in [0, 0.1) is 0 Å². The zero-order valence-electron chi connectivity index (χ0n) is 23.2. The van der Waals surface area contributed by atoms with Crippen LogP contribution in [0.5, 0.6) is 0 Å². The van der Waals surface area contributed by atoms with Crippen LogP contribution in [-0.4, -0.2) is 73.3 Å². The van der Waals surface area contributed by atoms with E-state index < -0.39 is 0 Å². The van der Waals surface area contributed by atoms with E-state index in [9.17, 15) is 14.4 Å². The first-order valence-corrected chi connectivity index (χ1v) is 13.3. The van der Waals surface area contributed by atoms with E-state index >= 15 is 0 Å². The molecule has 0 bridgehead atoms. The fourth-order valence-electron chi connectivity index (χ4n) is 4.35. The fourth-order valence-corrected chi connectivity index (χ4v) is 4.35. The monoisotopic (exact) mass is 530 g/mol. The highest BCUT2D eigenvalue weighted by Gasteiger charge is 2.21. The van der Waals surface area contributed by atoms with Gasteiger partial charge in [0, 0.05) is 62.3 Å². The Morgan fingerprint density at radius 2 is 1.74 bits per heavy atom. The van der Waals surface area contributed by atoms with Crippen molar-refractivity contribution in [3.8, 4) is 11.1 Å². The molecule has 9 heteroatoms. The molecule has 0 atom stereocenters. The van der Waals surface area contributed by atoms with Gasteiger partial charge in [-0.15, -0.1) is 0 Å². The SMILES string of the molecule is CCCN(CCC)C(=O)C1=Cc2ccc(-c3ccc(C=O)c(/C=N\N(C)CCNC(C)=O)c3)cc2N=C(N)C1. The Kier molecular flexibility index (Phi) is 10.5. The first-order valence-electron chi connectivity index (χ1n) is 13.3. The fraction of sp³-hybridized carbons (Fsp3) is 0.367. The van der Waals surface area contributed by atoms with Crippen LogP contribution in [0.4, 0.5) is 5.69 Å². The van der Waals surface area contributed by atoms with Crippen LogP contribution in [0.2, 0.25) is 0 Å². The largest absolute Gasteiger partial charge is 0.387 e. The Hall–Kier alpha value is -4.27. The molecule has 3 N–H and O–H groups in total. The van der Waals surface area contributed by atoms with Crippen molar-refractivity contribution in [3.05, 3.63) is 58.7 Å². The van der Waals surface area contributed by atoms with Crippen molar-refractivity contribution >= 4 is 41.9 Å². The third kappa shape index (κ3) is 8.10. The normalized spacial score (nSPS) is 12.7. The summed E-state index contributed by atoms with van der Waals surface area (Å²) in [6.45, 7) is 8.02. The second-order valence-corrected chi connectivity index (χ2v) is 9.59. The maximum absolute atomic E-state index is 13.3. The molecule has 39 heavy (non-hydrogen) atoms. The predicted octanol–water partition coefficient (Wildman–Crippen LogP) is 3.99. The number of rotatable bonds is 12. The van der Waals surface area contributed by atoms with Crippen LogP contribution in [-0.2, 0) is 9.59 Å². The van der Waals surface area contributed by atoms with Crippen molar-refractivity contribution in [2.45, 2.75) is 40.0 Å². The van der Waals surface area contributed by atoms with Crippen LogP contribution in [0.25, 0.3) is 17.2 Å². The number of aldehydes is 1. The molecule has 3 rings (SSSR count). The van der Waals surface area contributed by atoms with Crippen LogP contribution >= 0.6 is 0 Å². The predicted molar refractivity (Wildman–Crippen MR) is 157 cm³/mol. The van der Waals surface area contributed by atoms with E-state index in [1.165, 1.54) is 6.92 Å². The second-order valence-electron chi connectivity index (χ2n) is 9.59. The van der Waals surface area contributed by atoms with Gasteiger partial charge in [-0.1, -0.05) is 38.1 Å². The summed E-state index contributed by atoms with van der Waals surface area (Å²) >= 11 is 0. The van der Waals surface area contributed by atoms with Gasteiger partial charge in [0.2, 0.25) is 11.8 Å². The van der Waals surface area contributed by atoms with Crippen LogP contribution < -0.4 is 11.1 Å². The number of likely N-dealkylation sites (N-methyl/N-ethyl adjacent to an activating group) is 1. The third-order valence-corrected chi connectivity index (χ3v) is 6.30. The van der Waals surface area contributed by atoms with Gasteiger partial charge in [-0.05, 0) is 42.2 Å². The number of aliphatic imine (C=N–C) groups is 1. The molecule has 1 heterocycles. The average molecular weight is 531 g/mol. The Bertz CT molecular complexity index is 1290. The molecule has 1 aliphatic rings. The molecular formula is C30H38N6O3. The minimum Gasteiger partial charge on any atom is -0.387 e. The number of carbonyl (C=O) groups excluding carboxylic acids is 3. The zero-order valence-corrected chi connectivity index (χ0v) is 23.2. The van der Waals surface area contributed by atoms with Crippen molar-refractivity contribution < 1.29 is 14.4 Å². The van der Waals surface area contributed by atoms with Gasteiger partial charge in [-0.3, -0.25) is 19.4 Å². The summed E-state index contributed by atoms with van der Waals surface area (Å²) in [4.78, 5) is 42.5. The Morgan fingerprint density at radius 3 is 2.41 bits per heavy atom. The number of hydrogen-bond acceptors (Lipinski definition) is 7. The van der Waals surface area contributed by atoms with E-state index in [0.29, 0.717) is 60.8 Å². The minimum atomic E-state index is -0.0940. The van der Waals surface area contributed by atoms with E-state index in [1.807, 2.05) is 41.3 Å². The summed E-state index contributed by atoms with van der Waals surface area (Å²) in [7, 11) is 1.80. The highest BCUT2D eigenvalue weighted by molar-refractivity contribution is 6.05. The maximum atomic E-state index is 13.3. The van der Waals surface area contributed by atoms with Crippen molar-refractivity contribution in [2.24, 2.45) is 15.8 Å². The number of benzene rings is 2. The maximum Gasteiger partial charge on any atom is 0.250 e.